The molecule has 0 bridgehead atoms. The van der Waals surface area contributed by atoms with Crippen LogP contribution < -0.4 is 4.74 Å². The molecule has 0 unspecified atom stereocenters. The Morgan fingerprint density at radius 2 is 2.23 bits per heavy atom. The van der Waals surface area contributed by atoms with Crippen molar-refractivity contribution in [2.24, 2.45) is 5.92 Å². The second-order valence-corrected chi connectivity index (χ2v) is 7.91. The molecular weight excluding hydrogens is 326 g/mol. The molecule has 1 amide bonds. The Balaban J connectivity index is 1.70. The first-order valence-electron chi connectivity index (χ1n) is 7.03. The number of nitrogens with zero attached hydrogens (tertiary/aromatic N) is 1. The van der Waals surface area contributed by atoms with Gasteiger partial charge in [0.2, 0.25) is 5.91 Å². The number of halogens is 1. The summed E-state index contributed by atoms with van der Waals surface area (Å²) >= 11 is 5.99. The van der Waals surface area contributed by atoms with E-state index in [-0.39, 0.29) is 24.0 Å². The number of allylic oxidation sites excluding steroid dienone is 1. The van der Waals surface area contributed by atoms with Gasteiger partial charge in [-0.1, -0.05) is 17.7 Å². The molecule has 0 aromatic heterocycles. The maximum atomic E-state index is 12.4. The summed E-state index contributed by atoms with van der Waals surface area (Å²) in [6, 6.07) is 5.35. The summed E-state index contributed by atoms with van der Waals surface area (Å²) in [5.74, 6) is 0.456. The molecule has 2 aliphatic rings. The average molecular weight is 342 g/mol. The van der Waals surface area contributed by atoms with Crippen LogP contribution in [0.1, 0.15) is 12.0 Å². The summed E-state index contributed by atoms with van der Waals surface area (Å²) in [6.45, 7) is 1.32. The number of hydrogen-bond acceptors (Lipinski definition) is 4. The quantitative estimate of drug-likeness (QED) is 0.825. The topological polar surface area (TPSA) is 63.7 Å². The molecule has 0 spiro atoms. The van der Waals surface area contributed by atoms with E-state index in [0.29, 0.717) is 24.7 Å². The number of fused-ring (bicyclic) bond motifs is 1. The van der Waals surface area contributed by atoms with Crippen LogP contribution in [0.2, 0.25) is 5.02 Å². The lowest BCUT2D eigenvalue weighted by Crippen LogP contribution is -2.33. The minimum Gasteiger partial charge on any atom is -0.491 e. The van der Waals surface area contributed by atoms with Gasteiger partial charge in [-0.3, -0.25) is 4.79 Å². The fourth-order valence-electron chi connectivity index (χ4n) is 2.70. The van der Waals surface area contributed by atoms with Gasteiger partial charge in [0, 0.05) is 34.9 Å². The van der Waals surface area contributed by atoms with Crippen LogP contribution in [-0.4, -0.2) is 38.1 Å². The molecule has 1 atom stereocenters. The van der Waals surface area contributed by atoms with Crippen LogP contribution in [0.3, 0.4) is 0 Å². The Kier molecular flexibility index (Phi) is 4.14. The average Bonchev–Trinajstić information content (AvgIpc) is 2.68. The van der Waals surface area contributed by atoms with Crippen molar-refractivity contribution in [2.75, 3.05) is 18.9 Å². The number of carbonyl (C=O) groups excluding carboxylic acids is 1. The SMILES string of the molecule is O=C(C[C@@H]1C=CS(=O)(=O)C1)N1CCOc2ccc(Cl)cc2C1. The molecule has 0 N–H and O–H groups in total. The summed E-state index contributed by atoms with van der Waals surface area (Å²) < 4.78 is 28.4. The first-order chi connectivity index (χ1) is 10.4. The lowest BCUT2D eigenvalue weighted by atomic mass is 10.1. The van der Waals surface area contributed by atoms with Gasteiger partial charge in [-0.15, -0.1) is 0 Å². The fourth-order valence-corrected chi connectivity index (χ4v) is 4.29. The van der Waals surface area contributed by atoms with E-state index in [1.54, 1.807) is 29.2 Å². The molecule has 5 nitrogen and oxygen atoms in total. The summed E-state index contributed by atoms with van der Waals surface area (Å²) in [5, 5.41) is 1.80. The molecule has 1 aromatic rings. The number of carbonyl (C=O) groups is 1. The number of rotatable bonds is 2. The van der Waals surface area contributed by atoms with Gasteiger partial charge in [0.25, 0.3) is 0 Å². The molecule has 2 heterocycles. The van der Waals surface area contributed by atoms with Crippen molar-refractivity contribution >= 4 is 27.3 Å². The van der Waals surface area contributed by atoms with Crippen LogP contribution in [0.4, 0.5) is 0 Å². The highest BCUT2D eigenvalue weighted by molar-refractivity contribution is 7.94. The summed E-state index contributed by atoms with van der Waals surface area (Å²) in [4.78, 5) is 14.1. The van der Waals surface area contributed by atoms with E-state index in [4.69, 9.17) is 16.3 Å². The van der Waals surface area contributed by atoms with Gasteiger partial charge in [-0.2, -0.15) is 0 Å². The molecule has 0 saturated carbocycles. The highest BCUT2D eigenvalue weighted by Crippen LogP contribution is 2.27. The lowest BCUT2D eigenvalue weighted by molar-refractivity contribution is -0.132. The fraction of sp³-hybridized carbons (Fsp3) is 0.400. The lowest BCUT2D eigenvalue weighted by Gasteiger charge is -2.21. The molecule has 2 aliphatic heterocycles. The van der Waals surface area contributed by atoms with Crippen molar-refractivity contribution < 1.29 is 17.9 Å². The molecule has 118 valence electrons. The minimum atomic E-state index is -3.13. The van der Waals surface area contributed by atoms with Gasteiger partial charge in [0.15, 0.2) is 9.84 Å². The maximum absolute atomic E-state index is 12.4. The van der Waals surface area contributed by atoms with Gasteiger partial charge >= 0.3 is 0 Å². The van der Waals surface area contributed by atoms with E-state index in [2.05, 4.69) is 0 Å². The third kappa shape index (κ3) is 3.44. The second-order valence-electron chi connectivity index (χ2n) is 5.54. The molecular formula is C15H16ClNO4S. The zero-order chi connectivity index (χ0) is 15.7. The number of sulfone groups is 1. The van der Waals surface area contributed by atoms with Crippen molar-refractivity contribution in [1.82, 2.24) is 4.90 Å². The molecule has 22 heavy (non-hydrogen) atoms. The monoisotopic (exact) mass is 341 g/mol. The number of ether oxygens (including phenoxy) is 1. The highest BCUT2D eigenvalue weighted by atomic mass is 35.5. The van der Waals surface area contributed by atoms with Crippen LogP contribution in [0, 0.1) is 5.92 Å². The van der Waals surface area contributed by atoms with Gasteiger partial charge in [-0.05, 0) is 18.2 Å². The van der Waals surface area contributed by atoms with Crippen LogP contribution in [0.25, 0.3) is 0 Å². The standard InChI is InChI=1S/C15H16ClNO4S/c16-13-1-2-14-12(8-13)9-17(4-5-21-14)15(18)7-11-3-6-22(19,20)10-11/h1-3,6,8,11H,4-5,7,9-10H2/t11-/m0/s1. The van der Waals surface area contributed by atoms with Gasteiger partial charge in [0.1, 0.15) is 12.4 Å². The van der Waals surface area contributed by atoms with Crippen LogP contribution in [0.5, 0.6) is 5.75 Å². The van der Waals surface area contributed by atoms with E-state index in [1.165, 1.54) is 5.41 Å². The smallest absolute Gasteiger partial charge is 0.223 e. The molecule has 3 rings (SSSR count). The largest absolute Gasteiger partial charge is 0.491 e. The van der Waals surface area contributed by atoms with Crippen molar-refractivity contribution in [3.63, 3.8) is 0 Å². The van der Waals surface area contributed by atoms with Crippen molar-refractivity contribution in [3.8, 4) is 5.75 Å². The number of amides is 1. The Morgan fingerprint density at radius 1 is 1.41 bits per heavy atom. The van der Waals surface area contributed by atoms with Gasteiger partial charge in [0.05, 0.1) is 12.3 Å². The Morgan fingerprint density at radius 3 is 2.95 bits per heavy atom. The summed E-state index contributed by atoms with van der Waals surface area (Å²) in [5.41, 5.74) is 0.868. The minimum absolute atomic E-state index is 0.0193. The molecule has 0 fully saturated rings. The Labute approximate surface area is 134 Å². The molecule has 0 radical (unpaired) electrons. The third-order valence-electron chi connectivity index (χ3n) is 3.80. The predicted molar refractivity (Wildman–Crippen MR) is 83.4 cm³/mol. The van der Waals surface area contributed by atoms with E-state index in [0.717, 1.165) is 11.3 Å². The van der Waals surface area contributed by atoms with Crippen molar-refractivity contribution in [1.29, 1.82) is 0 Å². The van der Waals surface area contributed by atoms with E-state index in [9.17, 15) is 13.2 Å². The maximum Gasteiger partial charge on any atom is 0.223 e. The van der Waals surface area contributed by atoms with E-state index < -0.39 is 9.84 Å². The zero-order valence-corrected chi connectivity index (χ0v) is 13.4. The highest BCUT2D eigenvalue weighted by Gasteiger charge is 2.27. The zero-order valence-electron chi connectivity index (χ0n) is 11.9. The Hall–Kier alpha value is -1.53. The molecule has 7 heteroatoms. The third-order valence-corrected chi connectivity index (χ3v) is 5.50. The number of hydrogen-bond donors (Lipinski definition) is 0. The van der Waals surface area contributed by atoms with Crippen molar-refractivity contribution in [2.45, 2.75) is 13.0 Å². The van der Waals surface area contributed by atoms with Crippen LogP contribution in [0.15, 0.2) is 29.7 Å². The Bertz CT molecular complexity index is 729. The summed E-state index contributed by atoms with van der Waals surface area (Å²) in [7, 11) is -3.13. The van der Waals surface area contributed by atoms with E-state index >= 15 is 0 Å². The molecule has 0 aliphatic carbocycles. The van der Waals surface area contributed by atoms with Crippen LogP contribution >= 0.6 is 11.6 Å². The summed E-state index contributed by atoms with van der Waals surface area (Å²) in [6.07, 6.45) is 1.80. The first-order valence-corrected chi connectivity index (χ1v) is 9.12. The second kappa shape index (κ2) is 5.93. The number of benzene rings is 1. The van der Waals surface area contributed by atoms with E-state index in [1.807, 2.05) is 0 Å². The first kappa shape index (κ1) is 15.4. The molecule has 0 saturated heterocycles. The molecule has 1 aromatic carbocycles. The van der Waals surface area contributed by atoms with Crippen molar-refractivity contribution in [3.05, 3.63) is 40.3 Å². The van der Waals surface area contributed by atoms with Gasteiger partial charge < -0.3 is 9.64 Å². The van der Waals surface area contributed by atoms with Gasteiger partial charge in [-0.25, -0.2) is 8.42 Å². The normalized spacial score (nSPS) is 22.8. The van der Waals surface area contributed by atoms with Crippen LogP contribution in [-0.2, 0) is 21.2 Å². The predicted octanol–water partition coefficient (Wildman–Crippen LogP) is 2.01.